The molecule has 23 heavy (non-hydrogen) atoms. The van der Waals surface area contributed by atoms with Gasteiger partial charge in [-0.1, -0.05) is 6.07 Å². The summed E-state index contributed by atoms with van der Waals surface area (Å²) in [5.41, 5.74) is 3.00. The van der Waals surface area contributed by atoms with Crippen molar-refractivity contribution in [3.8, 4) is 0 Å². The number of thiophene rings is 1. The van der Waals surface area contributed by atoms with Gasteiger partial charge in [-0.25, -0.2) is 4.98 Å². The van der Waals surface area contributed by atoms with Gasteiger partial charge in [-0.3, -0.25) is 4.79 Å². The van der Waals surface area contributed by atoms with Crippen LogP contribution < -0.4 is 5.32 Å². The molecule has 1 aliphatic carbocycles. The molecule has 0 spiro atoms. The van der Waals surface area contributed by atoms with Crippen molar-refractivity contribution in [3.63, 3.8) is 0 Å². The van der Waals surface area contributed by atoms with E-state index in [-0.39, 0.29) is 11.8 Å². The molecule has 1 fully saturated rings. The van der Waals surface area contributed by atoms with Crippen molar-refractivity contribution in [2.75, 3.05) is 0 Å². The second kappa shape index (κ2) is 5.49. The van der Waals surface area contributed by atoms with Crippen LogP contribution in [0.5, 0.6) is 0 Å². The Balaban J connectivity index is 1.38. The average Bonchev–Trinajstić information content (AvgIpc) is 3.04. The second-order valence-electron chi connectivity index (χ2n) is 6.32. The highest BCUT2D eigenvalue weighted by molar-refractivity contribution is 7.12. The van der Waals surface area contributed by atoms with E-state index < -0.39 is 0 Å². The fourth-order valence-corrected chi connectivity index (χ4v) is 4.06. The molecule has 4 nitrogen and oxygen atoms in total. The summed E-state index contributed by atoms with van der Waals surface area (Å²) in [5.74, 6) is 0.694. The number of amides is 1. The molecule has 4 rings (SSSR count). The normalized spacial score (nSPS) is 19.9. The molecule has 0 aromatic carbocycles. The lowest BCUT2D eigenvalue weighted by atomic mass is 10.2. The molecule has 1 saturated carbocycles. The molecule has 3 aromatic rings. The highest BCUT2D eigenvalue weighted by Gasteiger charge is 2.44. The SMILES string of the molecule is Cc1ccc2nc(CNC(=O)[C@H]3C[C@@H]3c3ccc(C)s3)cn2c1. The number of fused-ring (bicyclic) bond motifs is 1. The molecule has 0 saturated heterocycles. The molecule has 0 unspecified atom stereocenters. The zero-order valence-electron chi connectivity index (χ0n) is 13.2. The van der Waals surface area contributed by atoms with E-state index in [2.05, 4.69) is 36.3 Å². The number of pyridine rings is 1. The van der Waals surface area contributed by atoms with Gasteiger partial charge >= 0.3 is 0 Å². The van der Waals surface area contributed by atoms with Gasteiger partial charge in [0.15, 0.2) is 0 Å². The molecular weight excluding hydrogens is 306 g/mol. The standard InChI is InChI=1S/C18H19N3OS/c1-11-3-6-17-20-13(10-21(17)9-11)8-19-18(22)15-7-14(15)16-5-4-12(2)23-16/h3-6,9-10,14-15H,7-8H2,1-2H3,(H,19,22)/t14-,15-/m0/s1. The van der Waals surface area contributed by atoms with Crippen molar-refractivity contribution in [2.45, 2.75) is 32.7 Å². The van der Waals surface area contributed by atoms with Crippen molar-refractivity contribution in [1.29, 1.82) is 0 Å². The van der Waals surface area contributed by atoms with E-state index in [0.29, 0.717) is 12.5 Å². The zero-order chi connectivity index (χ0) is 16.0. The van der Waals surface area contributed by atoms with E-state index in [4.69, 9.17) is 0 Å². The van der Waals surface area contributed by atoms with E-state index in [1.54, 1.807) is 11.3 Å². The Morgan fingerprint density at radius 2 is 2.17 bits per heavy atom. The molecule has 0 aliphatic heterocycles. The number of aromatic nitrogens is 2. The smallest absolute Gasteiger partial charge is 0.224 e. The van der Waals surface area contributed by atoms with Crippen LogP contribution in [0.4, 0.5) is 0 Å². The summed E-state index contributed by atoms with van der Waals surface area (Å²) in [5, 5.41) is 3.03. The molecule has 3 heterocycles. The molecule has 5 heteroatoms. The zero-order valence-corrected chi connectivity index (χ0v) is 14.1. The third-order valence-corrected chi connectivity index (χ3v) is 5.48. The first-order valence-electron chi connectivity index (χ1n) is 7.88. The number of hydrogen-bond donors (Lipinski definition) is 1. The van der Waals surface area contributed by atoms with Gasteiger partial charge in [0.05, 0.1) is 12.2 Å². The maximum atomic E-state index is 12.3. The van der Waals surface area contributed by atoms with Crippen LogP contribution in [0.15, 0.2) is 36.7 Å². The Kier molecular flexibility index (Phi) is 3.45. The molecule has 3 aromatic heterocycles. The first kappa shape index (κ1) is 14.5. The van der Waals surface area contributed by atoms with Crippen LogP contribution in [0.3, 0.4) is 0 Å². The van der Waals surface area contributed by atoms with Crippen molar-refractivity contribution in [1.82, 2.24) is 14.7 Å². The molecule has 1 aliphatic rings. The molecular formula is C18H19N3OS. The largest absolute Gasteiger partial charge is 0.350 e. The number of hydrogen-bond acceptors (Lipinski definition) is 3. The topological polar surface area (TPSA) is 46.4 Å². The Labute approximate surface area is 139 Å². The third kappa shape index (κ3) is 2.88. The van der Waals surface area contributed by atoms with Gasteiger partial charge in [0.1, 0.15) is 5.65 Å². The second-order valence-corrected chi connectivity index (χ2v) is 7.64. The first-order valence-corrected chi connectivity index (χ1v) is 8.70. The van der Waals surface area contributed by atoms with Crippen LogP contribution in [0, 0.1) is 19.8 Å². The van der Waals surface area contributed by atoms with Crippen LogP contribution in [0.1, 0.15) is 33.4 Å². The highest BCUT2D eigenvalue weighted by atomic mass is 32.1. The van der Waals surface area contributed by atoms with Crippen LogP contribution in [-0.2, 0) is 11.3 Å². The first-order chi connectivity index (χ1) is 11.1. The summed E-state index contributed by atoms with van der Waals surface area (Å²) >= 11 is 1.80. The van der Waals surface area contributed by atoms with Crippen molar-refractivity contribution >= 4 is 22.9 Å². The minimum absolute atomic E-state index is 0.132. The lowest BCUT2D eigenvalue weighted by Crippen LogP contribution is -2.24. The van der Waals surface area contributed by atoms with Gasteiger partial charge < -0.3 is 9.72 Å². The summed E-state index contributed by atoms with van der Waals surface area (Å²) < 4.78 is 2.01. The Hall–Kier alpha value is -2.14. The van der Waals surface area contributed by atoms with Crippen LogP contribution in [0.25, 0.3) is 5.65 Å². The number of nitrogens with zero attached hydrogens (tertiary/aromatic N) is 2. The van der Waals surface area contributed by atoms with Gasteiger partial charge in [0, 0.05) is 34.0 Å². The third-order valence-electron chi connectivity index (χ3n) is 4.35. The van der Waals surface area contributed by atoms with E-state index in [1.807, 2.05) is 28.9 Å². The molecule has 2 atom stereocenters. The fraction of sp³-hybridized carbons (Fsp3) is 0.333. The Morgan fingerprint density at radius 1 is 1.30 bits per heavy atom. The Bertz CT molecular complexity index is 879. The monoisotopic (exact) mass is 325 g/mol. The summed E-state index contributed by atoms with van der Waals surface area (Å²) in [6.07, 6.45) is 5.00. The van der Waals surface area contributed by atoms with Gasteiger partial charge in [-0.15, -0.1) is 11.3 Å². The summed E-state index contributed by atoms with van der Waals surface area (Å²) in [7, 11) is 0. The molecule has 0 bridgehead atoms. The quantitative estimate of drug-likeness (QED) is 0.799. The van der Waals surface area contributed by atoms with Crippen molar-refractivity contribution in [3.05, 3.63) is 57.7 Å². The minimum Gasteiger partial charge on any atom is -0.350 e. The number of rotatable bonds is 4. The fourth-order valence-electron chi connectivity index (χ4n) is 3.00. The van der Waals surface area contributed by atoms with Crippen LogP contribution >= 0.6 is 11.3 Å². The van der Waals surface area contributed by atoms with Crippen molar-refractivity contribution < 1.29 is 4.79 Å². The van der Waals surface area contributed by atoms with E-state index in [9.17, 15) is 4.79 Å². The number of carbonyl (C=O) groups is 1. The Morgan fingerprint density at radius 3 is 2.96 bits per heavy atom. The molecule has 0 radical (unpaired) electrons. The summed E-state index contributed by atoms with van der Waals surface area (Å²) in [6.45, 7) is 4.66. The molecule has 1 N–H and O–H groups in total. The number of imidazole rings is 1. The lowest BCUT2D eigenvalue weighted by molar-refractivity contribution is -0.122. The maximum Gasteiger partial charge on any atom is 0.224 e. The summed E-state index contributed by atoms with van der Waals surface area (Å²) in [6, 6.07) is 8.33. The number of carbonyl (C=O) groups excluding carboxylic acids is 1. The van der Waals surface area contributed by atoms with Crippen LogP contribution in [-0.4, -0.2) is 15.3 Å². The van der Waals surface area contributed by atoms with E-state index in [1.165, 1.54) is 15.3 Å². The van der Waals surface area contributed by atoms with Gasteiger partial charge in [-0.2, -0.15) is 0 Å². The molecule has 118 valence electrons. The van der Waals surface area contributed by atoms with Gasteiger partial charge in [0.25, 0.3) is 0 Å². The minimum atomic E-state index is 0.132. The maximum absolute atomic E-state index is 12.3. The number of aryl methyl sites for hydroxylation is 2. The van der Waals surface area contributed by atoms with Gasteiger partial charge in [-0.05, 0) is 44.0 Å². The highest BCUT2D eigenvalue weighted by Crippen LogP contribution is 2.49. The van der Waals surface area contributed by atoms with E-state index in [0.717, 1.165) is 17.8 Å². The predicted octanol–water partition coefficient (Wildman–Crippen LogP) is 3.43. The van der Waals surface area contributed by atoms with Crippen molar-refractivity contribution in [2.24, 2.45) is 5.92 Å². The van der Waals surface area contributed by atoms with Gasteiger partial charge in [0.2, 0.25) is 5.91 Å². The lowest BCUT2D eigenvalue weighted by Gasteiger charge is -2.01. The predicted molar refractivity (Wildman–Crippen MR) is 91.7 cm³/mol. The number of nitrogens with one attached hydrogen (secondary N) is 1. The summed E-state index contributed by atoms with van der Waals surface area (Å²) in [4.78, 5) is 19.5. The average molecular weight is 325 g/mol. The van der Waals surface area contributed by atoms with Crippen LogP contribution in [0.2, 0.25) is 0 Å². The van der Waals surface area contributed by atoms with E-state index >= 15 is 0 Å². The molecule has 1 amide bonds.